The smallest absolute Gasteiger partial charge is 0.210 e. The summed E-state index contributed by atoms with van der Waals surface area (Å²) in [6.45, 7) is 7.46. The lowest BCUT2D eigenvalue weighted by Crippen LogP contribution is -2.36. The SMILES string of the molecule is CC(C)COCCCN=C(NCCS(N)(=O)=O)Nc1ccc2c(c1)OCCCO2. The van der Waals surface area contributed by atoms with E-state index in [1.165, 1.54) is 0 Å². The molecule has 4 N–H and O–H groups in total. The lowest BCUT2D eigenvalue weighted by Gasteiger charge is -2.14. The monoisotopic (exact) mass is 428 g/mol. The zero-order valence-corrected chi connectivity index (χ0v) is 18.0. The van der Waals surface area contributed by atoms with Gasteiger partial charge in [-0.2, -0.15) is 0 Å². The van der Waals surface area contributed by atoms with E-state index >= 15 is 0 Å². The van der Waals surface area contributed by atoms with Gasteiger partial charge in [-0.15, -0.1) is 0 Å². The van der Waals surface area contributed by atoms with Gasteiger partial charge in [0.05, 0.1) is 19.0 Å². The standard InChI is InChI=1S/C19H32N4O5S/c1-15(2)14-26-9-3-7-21-19(22-8-12-29(20,24)25)23-16-5-6-17-18(13-16)28-11-4-10-27-17/h5-6,13,15H,3-4,7-12,14H2,1-2H3,(H2,20,24,25)(H2,21,22,23). The second-order valence-corrected chi connectivity index (χ2v) is 8.92. The summed E-state index contributed by atoms with van der Waals surface area (Å²) in [6, 6.07) is 5.53. The van der Waals surface area contributed by atoms with Gasteiger partial charge in [0.25, 0.3) is 0 Å². The first-order valence-electron chi connectivity index (χ1n) is 9.87. The van der Waals surface area contributed by atoms with E-state index in [-0.39, 0.29) is 12.3 Å². The summed E-state index contributed by atoms with van der Waals surface area (Å²) < 4.78 is 39.3. The summed E-state index contributed by atoms with van der Waals surface area (Å²) in [5.74, 6) is 2.14. The van der Waals surface area contributed by atoms with Crippen LogP contribution in [0.5, 0.6) is 11.5 Å². The first kappa shape index (κ1) is 23.2. The number of rotatable bonds is 10. The molecule has 29 heavy (non-hydrogen) atoms. The molecule has 1 heterocycles. The van der Waals surface area contributed by atoms with Gasteiger partial charge in [-0.3, -0.25) is 4.99 Å². The number of anilines is 1. The van der Waals surface area contributed by atoms with Crippen molar-refractivity contribution in [3.05, 3.63) is 18.2 Å². The van der Waals surface area contributed by atoms with Crippen LogP contribution >= 0.6 is 0 Å². The van der Waals surface area contributed by atoms with Crippen LogP contribution in [-0.4, -0.2) is 59.6 Å². The van der Waals surface area contributed by atoms with Gasteiger partial charge >= 0.3 is 0 Å². The molecule has 2 rings (SSSR count). The topological polar surface area (TPSA) is 124 Å². The van der Waals surface area contributed by atoms with Crippen molar-refractivity contribution < 1.29 is 22.6 Å². The van der Waals surface area contributed by atoms with Crippen molar-refractivity contribution in [2.24, 2.45) is 16.0 Å². The summed E-state index contributed by atoms with van der Waals surface area (Å²) in [5, 5.41) is 11.2. The molecule has 0 aliphatic carbocycles. The van der Waals surface area contributed by atoms with E-state index in [0.29, 0.717) is 49.7 Å². The Labute approximate surface area is 173 Å². The number of fused-ring (bicyclic) bond motifs is 1. The first-order chi connectivity index (χ1) is 13.8. The average Bonchev–Trinajstić information content (AvgIpc) is 2.88. The maximum Gasteiger partial charge on any atom is 0.210 e. The molecule has 0 spiro atoms. The van der Waals surface area contributed by atoms with E-state index in [9.17, 15) is 8.42 Å². The molecule has 0 amide bonds. The second-order valence-electron chi connectivity index (χ2n) is 7.18. The molecular weight excluding hydrogens is 396 g/mol. The molecule has 0 atom stereocenters. The van der Waals surface area contributed by atoms with E-state index in [1.807, 2.05) is 18.2 Å². The van der Waals surface area contributed by atoms with Crippen molar-refractivity contribution in [3.8, 4) is 11.5 Å². The number of primary sulfonamides is 1. The van der Waals surface area contributed by atoms with Gasteiger partial charge in [-0.1, -0.05) is 13.8 Å². The number of hydrogen-bond acceptors (Lipinski definition) is 6. The van der Waals surface area contributed by atoms with Crippen molar-refractivity contribution in [1.29, 1.82) is 0 Å². The van der Waals surface area contributed by atoms with Crippen molar-refractivity contribution in [3.63, 3.8) is 0 Å². The summed E-state index contributed by atoms with van der Waals surface area (Å²) in [4.78, 5) is 4.49. The summed E-state index contributed by atoms with van der Waals surface area (Å²) >= 11 is 0. The molecule has 0 aromatic heterocycles. The molecule has 1 aliphatic rings. The van der Waals surface area contributed by atoms with Gasteiger partial charge in [-0.05, 0) is 24.5 Å². The largest absolute Gasteiger partial charge is 0.490 e. The summed E-state index contributed by atoms with van der Waals surface area (Å²) in [5.41, 5.74) is 0.757. The summed E-state index contributed by atoms with van der Waals surface area (Å²) in [7, 11) is -3.55. The van der Waals surface area contributed by atoms with Crippen LogP contribution in [0.4, 0.5) is 5.69 Å². The van der Waals surface area contributed by atoms with Crippen molar-refractivity contribution >= 4 is 21.7 Å². The molecule has 0 saturated carbocycles. The van der Waals surface area contributed by atoms with Crippen LogP contribution in [0, 0.1) is 5.92 Å². The van der Waals surface area contributed by atoms with E-state index in [4.69, 9.17) is 19.3 Å². The Hall–Kier alpha value is -2.04. The lowest BCUT2D eigenvalue weighted by atomic mass is 10.2. The number of nitrogens with zero attached hydrogens (tertiary/aromatic N) is 1. The Balaban J connectivity index is 1.96. The van der Waals surface area contributed by atoms with Crippen molar-refractivity contribution in [1.82, 2.24) is 5.32 Å². The maximum absolute atomic E-state index is 11.2. The van der Waals surface area contributed by atoms with Gasteiger partial charge in [-0.25, -0.2) is 13.6 Å². The van der Waals surface area contributed by atoms with Gasteiger partial charge in [0.15, 0.2) is 17.5 Å². The van der Waals surface area contributed by atoms with Gasteiger partial charge in [0.1, 0.15) is 0 Å². The first-order valence-corrected chi connectivity index (χ1v) is 11.6. The molecule has 10 heteroatoms. The number of ether oxygens (including phenoxy) is 3. The van der Waals surface area contributed by atoms with E-state index in [1.54, 1.807) is 0 Å². The quantitative estimate of drug-likeness (QED) is 0.293. The van der Waals surface area contributed by atoms with Gasteiger partial charge in [0.2, 0.25) is 10.0 Å². The highest BCUT2D eigenvalue weighted by Crippen LogP contribution is 2.32. The van der Waals surface area contributed by atoms with Gasteiger partial charge < -0.3 is 24.8 Å². The zero-order valence-electron chi connectivity index (χ0n) is 17.1. The number of nitrogens with one attached hydrogen (secondary N) is 2. The van der Waals surface area contributed by atoms with Crippen LogP contribution in [0.25, 0.3) is 0 Å². The number of nitrogens with two attached hydrogens (primary N) is 1. The Morgan fingerprint density at radius 2 is 2.03 bits per heavy atom. The molecule has 0 radical (unpaired) electrons. The molecule has 0 fully saturated rings. The van der Waals surface area contributed by atoms with Crippen molar-refractivity contribution in [2.45, 2.75) is 26.7 Å². The van der Waals surface area contributed by atoms with Gasteiger partial charge in [0, 0.05) is 44.5 Å². The van der Waals surface area contributed by atoms with Crippen LogP contribution < -0.4 is 25.2 Å². The van der Waals surface area contributed by atoms with Crippen molar-refractivity contribution in [2.75, 3.05) is 50.6 Å². The summed E-state index contributed by atoms with van der Waals surface area (Å²) in [6.07, 6.45) is 1.59. The Bertz CT molecular complexity index is 768. The molecule has 1 aromatic carbocycles. The molecule has 0 bridgehead atoms. The highest BCUT2D eigenvalue weighted by Gasteiger charge is 2.12. The van der Waals surface area contributed by atoms with E-state index < -0.39 is 10.0 Å². The van der Waals surface area contributed by atoms with E-state index in [2.05, 4.69) is 29.5 Å². The van der Waals surface area contributed by atoms with Crippen LogP contribution in [0.2, 0.25) is 0 Å². The van der Waals surface area contributed by atoms with Crippen LogP contribution in [0.3, 0.4) is 0 Å². The van der Waals surface area contributed by atoms with E-state index in [0.717, 1.165) is 25.1 Å². The third-order valence-corrected chi connectivity index (χ3v) is 4.63. The number of benzene rings is 1. The fourth-order valence-corrected chi connectivity index (χ4v) is 2.89. The highest BCUT2D eigenvalue weighted by atomic mass is 32.2. The molecule has 0 saturated heterocycles. The van der Waals surface area contributed by atoms with Crippen LogP contribution in [-0.2, 0) is 14.8 Å². The Morgan fingerprint density at radius 1 is 1.28 bits per heavy atom. The fourth-order valence-electron chi connectivity index (χ4n) is 2.51. The molecule has 0 unspecified atom stereocenters. The minimum Gasteiger partial charge on any atom is -0.490 e. The zero-order chi connectivity index (χ0) is 21.1. The Morgan fingerprint density at radius 3 is 2.76 bits per heavy atom. The number of sulfonamides is 1. The average molecular weight is 429 g/mol. The normalized spacial score (nSPS) is 14.6. The number of hydrogen-bond donors (Lipinski definition) is 3. The molecule has 1 aromatic rings. The molecule has 1 aliphatic heterocycles. The second kappa shape index (κ2) is 11.8. The number of guanidine groups is 1. The molecule has 164 valence electrons. The van der Waals surface area contributed by atoms with Crippen LogP contribution in [0.15, 0.2) is 23.2 Å². The Kier molecular flexibility index (Phi) is 9.49. The number of aliphatic imine (C=N–C) groups is 1. The predicted molar refractivity (Wildman–Crippen MR) is 114 cm³/mol. The molecular formula is C19H32N4O5S. The fraction of sp³-hybridized carbons (Fsp3) is 0.632. The van der Waals surface area contributed by atoms with Crippen LogP contribution in [0.1, 0.15) is 26.7 Å². The minimum atomic E-state index is -3.55. The minimum absolute atomic E-state index is 0.152. The highest BCUT2D eigenvalue weighted by molar-refractivity contribution is 7.89. The third kappa shape index (κ3) is 9.82. The lowest BCUT2D eigenvalue weighted by molar-refractivity contribution is 0.109. The third-order valence-electron chi connectivity index (χ3n) is 3.86. The maximum atomic E-state index is 11.2. The predicted octanol–water partition coefficient (Wildman–Crippen LogP) is 1.56. The molecule has 9 nitrogen and oxygen atoms in total.